The topological polar surface area (TPSA) is 58.2 Å². The zero-order valence-electron chi connectivity index (χ0n) is 12.9. The van der Waals surface area contributed by atoms with Crippen molar-refractivity contribution in [2.75, 3.05) is 11.9 Å². The Hall–Kier alpha value is -2.33. The van der Waals surface area contributed by atoms with Gasteiger partial charge in [-0.2, -0.15) is 0 Å². The van der Waals surface area contributed by atoms with E-state index in [0.29, 0.717) is 23.7 Å². The fourth-order valence-electron chi connectivity index (χ4n) is 2.05. The third-order valence-corrected chi connectivity index (χ3v) is 3.74. The summed E-state index contributed by atoms with van der Waals surface area (Å²) in [6, 6.07) is 14.8. The van der Waals surface area contributed by atoms with Crippen molar-refractivity contribution in [2.45, 2.75) is 19.8 Å². The van der Waals surface area contributed by atoms with Gasteiger partial charge >= 0.3 is 0 Å². The first-order valence-corrected chi connectivity index (χ1v) is 7.79. The third-order valence-electron chi connectivity index (χ3n) is 3.34. The third kappa shape index (κ3) is 5.75. The summed E-state index contributed by atoms with van der Waals surface area (Å²) in [6.07, 6.45) is 0.530. The van der Waals surface area contributed by atoms with Gasteiger partial charge in [-0.3, -0.25) is 9.59 Å². The van der Waals surface area contributed by atoms with Crippen molar-refractivity contribution in [3.8, 4) is 0 Å². The van der Waals surface area contributed by atoms with Crippen LogP contribution >= 0.6 is 11.6 Å². The van der Waals surface area contributed by atoms with Gasteiger partial charge in [0.2, 0.25) is 11.8 Å². The number of amides is 2. The number of rotatable bonds is 6. The molecule has 2 amide bonds. The van der Waals surface area contributed by atoms with Crippen LogP contribution in [0, 0.1) is 6.92 Å². The van der Waals surface area contributed by atoms with Crippen molar-refractivity contribution in [1.29, 1.82) is 0 Å². The molecule has 0 atom stereocenters. The molecule has 0 aliphatic rings. The lowest BCUT2D eigenvalue weighted by Crippen LogP contribution is -2.28. The molecule has 2 N–H and O–H groups in total. The lowest BCUT2D eigenvalue weighted by atomic mass is 10.1. The van der Waals surface area contributed by atoms with Gasteiger partial charge in [-0.05, 0) is 30.2 Å². The van der Waals surface area contributed by atoms with Crippen LogP contribution in [0.15, 0.2) is 48.5 Å². The average Bonchev–Trinajstić information content (AvgIpc) is 2.52. The number of hydrogen-bond donors (Lipinski definition) is 2. The quantitative estimate of drug-likeness (QED) is 0.853. The minimum Gasteiger partial charge on any atom is -0.355 e. The number of anilines is 1. The fourth-order valence-corrected chi connectivity index (χ4v) is 2.23. The van der Waals surface area contributed by atoms with Crippen molar-refractivity contribution in [1.82, 2.24) is 5.32 Å². The second-order valence-electron chi connectivity index (χ2n) is 5.27. The van der Waals surface area contributed by atoms with Gasteiger partial charge in [0, 0.05) is 23.7 Å². The van der Waals surface area contributed by atoms with Gasteiger partial charge < -0.3 is 10.6 Å². The summed E-state index contributed by atoms with van der Waals surface area (Å²) < 4.78 is 0. The van der Waals surface area contributed by atoms with E-state index in [1.54, 1.807) is 12.1 Å². The standard InChI is InChI=1S/C18H19ClN2O2/c1-13-7-8-15(12-16(13)19)21-17(22)9-10-20-18(23)11-14-5-3-2-4-6-14/h2-8,12H,9-11H2,1H3,(H,20,23)(H,21,22). The van der Waals surface area contributed by atoms with E-state index in [1.165, 1.54) is 0 Å². The normalized spacial score (nSPS) is 10.2. The number of hydrogen-bond acceptors (Lipinski definition) is 2. The number of halogens is 1. The predicted molar refractivity (Wildman–Crippen MR) is 92.6 cm³/mol. The highest BCUT2D eigenvalue weighted by molar-refractivity contribution is 6.31. The zero-order valence-corrected chi connectivity index (χ0v) is 13.7. The molecule has 0 saturated carbocycles. The van der Waals surface area contributed by atoms with Crippen LogP contribution in [-0.2, 0) is 16.0 Å². The Labute approximate surface area is 140 Å². The molecular weight excluding hydrogens is 312 g/mol. The van der Waals surface area contributed by atoms with Crippen LogP contribution in [0.25, 0.3) is 0 Å². The van der Waals surface area contributed by atoms with Crippen LogP contribution in [0.5, 0.6) is 0 Å². The molecule has 0 heterocycles. The molecule has 0 aromatic heterocycles. The van der Waals surface area contributed by atoms with E-state index in [2.05, 4.69) is 10.6 Å². The van der Waals surface area contributed by atoms with Crippen molar-refractivity contribution >= 4 is 29.1 Å². The molecule has 2 rings (SSSR count). The molecule has 120 valence electrons. The molecule has 0 radical (unpaired) electrons. The molecule has 0 aliphatic carbocycles. The molecule has 0 saturated heterocycles. The molecule has 0 unspecified atom stereocenters. The Morgan fingerprint density at radius 3 is 2.48 bits per heavy atom. The number of carbonyl (C=O) groups excluding carboxylic acids is 2. The minimum absolute atomic E-state index is 0.0950. The highest BCUT2D eigenvalue weighted by atomic mass is 35.5. The fraction of sp³-hybridized carbons (Fsp3) is 0.222. The van der Waals surface area contributed by atoms with Crippen LogP contribution in [0.4, 0.5) is 5.69 Å². The number of nitrogens with one attached hydrogen (secondary N) is 2. The Morgan fingerprint density at radius 1 is 1.04 bits per heavy atom. The van der Waals surface area contributed by atoms with E-state index in [9.17, 15) is 9.59 Å². The number of carbonyl (C=O) groups is 2. The Bertz CT molecular complexity index is 687. The highest BCUT2D eigenvalue weighted by Gasteiger charge is 2.06. The van der Waals surface area contributed by atoms with Crippen LogP contribution < -0.4 is 10.6 Å². The molecule has 2 aromatic carbocycles. The van der Waals surface area contributed by atoms with Crippen LogP contribution in [-0.4, -0.2) is 18.4 Å². The first kappa shape index (κ1) is 17.0. The molecular formula is C18H19ClN2O2. The van der Waals surface area contributed by atoms with Crippen molar-refractivity contribution in [3.63, 3.8) is 0 Å². The Balaban J connectivity index is 1.72. The van der Waals surface area contributed by atoms with Gasteiger partial charge in [0.15, 0.2) is 0 Å². The molecule has 0 spiro atoms. The second-order valence-corrected chi connectivity index (χ2v) is 5.68. The van der Waals surface area contributed by atoms with E-state index in [0.717, 1.165) is 11.1 Å². The summed E-state index contributed by atoms with van der Waals surface area (Å²) >= 11 is 6.01. The van der Waals surface area contributed by atoms with Crippen LogP contribution in [0.1, 0.15) is 17.5 Å². The minimum atomic E-state index is -0.162. The SMILES string of the molecule is Cc1ccc(NC(=O)CCNC(=O)Cc2ccccc2)cc1Cl. The number of aryl methyl sites for hydroxylation is 1. The van der Waals surface area contributed by atoms with E-state index >= 15 is 0 Å². The van der Waals surface area contributed by atoms with Gasteiger partial charge in [-0.1, -0.05) is 48.0 Å². The summed E-state index contributed by atoms with van der Waals surface area (Å²) in [6.45, 7) is 2.20. The van der Waals surface area contributed by atoms with Crippen molar-refractivity contribution < 1.29 is 9.59 Å². The number of benzene rings is 2. The molecule has 0 fully saturated rings. The Kier molecular flexibility index (Phi) is 6.18. The summed E-state index contributed by atoms with van der Waals surface area (Å²) in [4.78, 5) is 23.6. The second kappa shape index (κ2) is 8.34. The van der Waals surface area contributed by atoms with Gasteiger partial charge in [0.1, 0.15) is 0 Å². The molecule has 23 heavy (non-hydrogen) atoms. The lowest BCUT2D eigenvalue weighted by molar-refractivity contribution is -0.120. The summed E-state index contributed by atoms with van der Waals surface area (Å²) in [7, 11) is 0. The maximum atomic E-state index is 11.8. The largest absolute Gasteiger partial charge is 0.355 e. The maximum absolute atomic E-state index is 11.8. The molecule has 2 aromatic rings. The molecule has 5 heteroatoms. The van der Waals surface area contributed by atoms with E-state index in [-0.39, 0.29) is 18.2 Å². The summed E-state index contributed by atoms with van der Waals surface area (Å²) in [5.41, 5.74) is 2.56. The van der Waals surface area contributed by atoms with E-state index in [1.807, 2.05) is 43.3 Å². The first-order valence-electron chi connectivity index (χ1n) is 7.41. The van der Waals surface area contributed by atoms with E-state index in [4.69, 9.17) is 11.6 Å². The van der Waals surface area contributed by atoms with Crippen molar-refractivity contribution in [3.05, 3.63) is 64.7 Å². The van der Waals surface area contributed by atoms with Gasteiger partial charge in [0.05, 0.1) is 6.42 Å². The average molecular weight is 331 g/mol. The zero-order chi connectivity index (χ0) is 16.7. The monoisotopic (exact) mass is 330 g/mol. The molecule has 0 bridgehead atoms. The first-order chi connectivity index (χ1) is 11.0. The molecule has 0 aliphatic heterocycles. The molecule has 4 nitrogen and oxygen atoms in total. The Morgan fingerprint density at radius 2 is 1.78 bits per heavy atom. The van der Waals surface area contributed by atoms with Gasteiger partial charge in [0.25, 0.3) is 0 Å². The summed E-state index contributed by atoms with van der Waals surface area (Å²) in [5.74, 6) is -0.257. The maximum Gasteiger partial charge on any atom is 0.226 e. The highest BCUT2D eigenvalue weighted by Crippen LogP contribution is 2.19. The smallest absolute Gasteiger partial charge is 0.226 e. The van der Waals surface area contributed by atoms with Crippen LogP contribution in [0.3, 0.4) is 0 Å². The van der Waals surface area contributed by atoms with Gasteiger partial charge in [-0.15, -0.1) is 0 Å². The van der Waals surface area contributed by atoms with E-state index < -0.39 is 0 Å². The lowest BCUT2D eigenvalue weighted by Gasteiger charge is -2.08. The van der Waals surface area contributed by atoms with Gasteiger partial charge in [-0.25, -0.2) is 0 Å². The van der Waals surface area contributed by atoms with Crippen molar-refractivity contribution in [2.24, 2.45) is 0 Å². The van der Waals surface area contributed by atoms with Crippen LogP contribution in [0.2, 0.25) is 5.02 Å². The summed E-state index contributed by atoms with van der Waals surface area (Å²) in [5, 5.41) is 6.11. The predicted octanol–water partition coefficient (Wildman–Crippen LogP) is 3.34.